The highest BCUT2D eigenvalue weighted by Gasteiger charge is 2.15. The van der Waals surface area contributed by atoms with Gasteiger partial charge in [0.15, 0.2) is 0 Å². The molecular formula is C14H8Cl4N2O2. The van der Waals surface area contributed by atoms with E-state index in [2.05, 4.69) is 10.6 Å². The second kappa shape index (κ2) is 7.20. The summed E-state index contributed by atoms with van der Waals surface area (Å²) in [6, 6.07) is 8.88. The number of nitrogens with one attached hydrogen (secondary N) is 2. The zero-order valence-electron chi connectivity index (χ0n) is 10.8. The molecule has 0 saturated heterocycles. The van der Waals surface area contributed by atoms with Gasteiger partial charge in [0.05, 0.1) is 0 Å². The van der Waals surface area contributed by atoms with Crippen molar-refractivity contribution in [3.8, 4) is 0 Å². The molecule has 2 aromatic carbocycles. The van der Waals surface area contributed by atoms with Gasteiger partial charge in [-0.1, -0.05) is 46.4 Å². The predicted molar refractivity (Wildman–Crippen MR) is 90.2 cm³/mol. The molecule has 114 valence electrons. The Bertz CT molecular complexity index is 646. The maximum absolute atomic E-state index is 11.8. The summed E-state index contributed by atoms with van der Waals surface area (Å²) in [4.78, 5) is 23.7. The Morgan fingerprint density at radius 2 is 0.864 bits per heavy atom. The number of hydrogen-bond donors (Lipinski definition) is 2. The normalized spacial score (nSPS) is 10.2. The highest BCUT2D eigenvalue weighted by atomic mass is 35.5. The monoisotopic (exact) mass is 376 g/mol. The Labute approximate surface area is 146 Å². The minimum Gasteiger partial charge on any atom is -0.318 e. The van der Waals surface area contributed by atoms with Crippen molar-refractivity contribution in [2.75, 3.05) is 10.6 Å². The number of halogens is 4. The number of anilines is 2. The quantitative estimate of drug-likeness (QED) is 0.733. The summed E-state index contributed by atoms with van der Waals surface area (Å²) >= 11 is 23.2. The first-order valence-electron chi connectivity index (χ1n) is 5.88. The number of amides is 2. The number of carbonyl (C=O) groups excluding carboxylic acids is 2. The first-order valence-corrected chi connectivity index (χ1v) is 7.39. The molecule has 0 aliphatic heterocycles. The van der Waals surface area contributed by atoms with Gasteiger partial charge in [0.1, 0.15) is 0 Å². The zero-order valence-corrected chi connectivity index (χ0v) is 13.8. The van der Waals surface area contributed by atoms with E-state index in [1.807, 2.05) is 0 Å². The van der Waals surface area contributed by atoms with Crippen molar-refractivity contribution in [2.45, 2.75) is 0 Å². The van der Waals surface area contributed by atoms with Gasteiger partial charge < -0.3 is 10.6 Å². The third-order valence-corrected chi connectivity index (χ3v) is 3.32. The summed E-state index contributed by atoms with van der Waals surface area (Å²) in [5.41, 5.74) is 0.614. The predicted octanol–water partition coefficient (Wildman–Crippen LogP) is 4.88. The van der Waals surface area contributed by atoms with Gasteiger partial charge in [-0.15, -0.1) is 0 Å². The molecule has 0 bridgehead atoms. The third-order valence-electron chi connectivity index (χ3n) is 2.45. The number of rotatable bonds is 2. The van der Waals surface area contributed by atoms with Crippen molar-refractivity contribution in [1.82, 2.24) is 0 Å². The third kappa shape index (κ3) is 4.78. The summed E-state index contributed by atoms with van der Waals surface area (Å²) in [5.74, 6) is -1.76. The van der Waals surface area contributed by atoms with Crippen LogP contribution in [0, 0.1) is 0 Å². The minimum atomic E-state index is -0.880. The topological polar surface area (TPSA) is 58.2 Å². The van der Waals surface area contributed by atoms with E-state index in [1.54, 1.807) is 0 Å². The molecule has 0 aliphatic carbocycles. The molecule has 4 nitrogen and oxygen atoms in total. The number of hydrogen-bond acceptors (Lipinski definition) is 2. The van der Waals surface area contributed by atoms with Crippen LogP contribution in [0.4, 0.5) is 11.4 Å². The van der Waals surface area contributed by atoms with Crippen LogP contribution >= 0.6 is 46.4 Å². The first-order chi connectivity index (χ1) is 10.3. The molecule has 22 heavy (non-hydrogen) atoms. The first kappa shape index (κ1) is 16.9. The molecule has 2 amide bonds. The van der Waals surface area contributed by atoms with E-state index in [1.165, 1.54) is 36.4 Å². The van der Waals surface area contributed by atoms with Crippen LogP contribution in [0.2, 0.25) is 20.1 Å². The van der Waals surface area contributed by atoms with Crippen molar-refractivity contribution in [3.05, 3.63) is 56.5 Å². The van der Waals surface area contributed by atoms with Crippen LogP contribution in [-0.2, 0) is 9.59 Å². The fourth-order valence-corrected chi connectivity index (χ4v) is 2.68. The molecule has 0 radical (unpaired) electrons. The lowest BCUT2D eigenvalue weighted by Gasteiger charge is -2.08. The summed E-state index contributed by atoms with van der Waals surface area (Å²) < 4.78 is 0. The van der Waals surface area contributed by atoms with E-state index >= 15 is 0 Å². The Morgan fingerprint density at radius 1 is 0.591 bits per heavy atom. The average molecular weight is 378 g/mol. The fraction of sp³-hybridized carbons (Fsp3) is 0. The summed E-state index contributed by atoms with van der Waals surface area (Å²) in [6.45, 7) is 0. The van der Waals surface area contributed by atoms with Crippen LogP contribution < -0.4 is 10.6 Å². The van der Waals surface area contributed by atoms with Crippen LogP contribution in [0.5, 0.6) is 0 Å². The van der Waals surface area contributed by atoms with Crippen LogP contribution in [0.1, 0.15) is 0 Å². The van der Waals surface area contributed by atoms with Crippen LogP contribution in [0.15, 0.2) is 36.4 Å². The van der Waals surface area contributed by atoms with Crippen LogP contribution in [-0.4, -0.2) is 11.8 Å². The maximum atomic E-state index is 11.8. The lowest BCUT2D eigenvalue weighted by Crippen LogP contribution is -2.29. The second-order valence-corrected chi connectivity index (χ2v) is 5.97. The molecule has 0 aromatic heterocycles. The SMILES string of the molecule is O=C(Nc1cc(Cl)cc(Cl)c1)C(=O)Nc1cc(Cl)cc(Cl)c1. The molecule has 0 fully saturated rings. The highest BCUT2D eigenvalue weighted by molar-refractivity contribution is 6.44. The molecule has 2 rings (SSSR count). The van der Waals surface area contributed by atoms with Gasteiger partial charge in [0, 0.05) is 31.5 Å². The molecule has 0 spiro atoms. The van der Waals surface area contributed by atoms with E-state index in [4.69, 9.17) is 46.4 Å². The molecule has 0 atom stereocenters. The van der Waals surface area contributed by atoms with Crippen molar-refractivity contribution in [3.63, 3.8) is 0 Å². The van der Waals surface area contributed by atoms with Crippen molar-refractivity contribution < 1.29 is 9.59 Å². The van der Waals surface area contributed by atoms with Crippen molar-refractivity contribution >= 4 is 69.6 Å². The summed E-state index contributed by atoms with van der Waals surface area (Å²) in [7, 11) is 0. The summed E-state index contributed by atoms with van der Waals surface area (Å²) in [5, 5.41) is 6.13. The van der Waals surface area contributed by atoms with E-state index in [0.717, 1.165) is 0 Å². The fourth-order valence-electron chi connectivity index (χ4n) is 1.63. The molecule has 2 aromatic rings. The molecular weight excluding hydrogens is 370 g/mol. The Balaban J connectivity index is 2.07. The smallest absolute Gasteiger partial charge is 0.314 e. The zero-order chi connectivity index (χ0) is 16.3. The van der Waals surface area contributed by atoms with Gasteiger partial charge in [0.25, 0.3) is 0 Å². The Kier molecular flexibility index (Phi) is 5.53. The van der Waals surface area contributed by atoms with Gasteiger partial charge in [-0.25, -0.2) is 0 Å². The molecule has 0 unspecified atom stereocenters. The lowest BCUT2D eigenvalue weighted by atomic mass is 10.3. The minimum absolute atomic E-state index is 0.307. The molecule has 0 saturated carbocycles. The number of benzene rings is 2. The Morgan fingerprint density at radius 3 is 1.14 bits per heavy atom. The second-order valence-electron chi connectivity index (χ2n) is 4.22. The molecule has 8 heteroatoms. The standard InChI is InChI=1S/C14H8Cl4N2O2/c15-7-1-8(16)4-11(3-7)19-13(21)14(22)20-12-5-9(17)2-10(18)6-12/h1-6H,(H,19,21)(H,20,22). The van der Waals surface area contributed by atoms with E-state index in [0.29, 0.717) is 31.5 Å². The number of carbonyl (C=O) groups is 2. The Hall–Kier alpha value is -1.46. The van der Waals surface area contributed by atoms with Gasteiger partial charge in [0.2, 0.25) is 0 Å². The average Bonchev–Trinajstić information content (AvgIpc) is 2.35. The molecule has 0 heterocycles. The van der Waals surface area contributed by atoms with E-state index in [9.17, 15) is 9.59 Å². The van der Waals surface area contributed by atoms with Crippen LogP contribution in [0.25, 0.3) is 0 Å². The highest BCUT2D eigenvalue weighted by Crippen LogP contribution is 2.23. The van der Waals surface area contributed by atoms with Gasteiger partial charge >= 0.3 is 11.8 Å². The lowest BCUT2D eigenvalue weighted by molar-refractivity contribution is -0.132. The molecule has 2 N–H and O–H groups in total. The molecule has 0 aliphatic rings. The van der Waals surface area contributed by atoms with Gasteiger partial charge in [-0.05, 0) is 36.4 Å². The van der Waals surface area contributed by atoms with E-state index < -0.39 is 11.8 Å². The van der Waals surface area contributed by atoms with Crippen LogP contribution in [0.3, 0.4) is 0 Å². The maximum Gasteiger partial charge on any atom is 0.314 e. The van der Waals surface area contributed by atoms with Gasteiger partial charge in [-0.3, -0.25) is 9.59 Å². The summed E-state index contributed by atoms with van der Waals surface area (Å²) in [6.07, 6.45) is 0. The van der Waals surface area contributed by atoms with Gasteiger partial charge in [-0.2, -0.15) is 0 Å². The van der Waals surface area contributed by atoms with Crippen molar-refractivity contribution in [2.24, 2.45) is 0 Å². The largest absolute Gasteiger partial charge is 0.318 e. The van der Waals surface area contributed by atoms with Crippen molar-refractivity contribution in [1.29, 1.82) is 0 Å². The van der Waals surface area contributed by atoms with E-state index in [-0.39, 0.29) is 0 Å².